The Morgan fingerprint density at radius 1 is 1.24 bits per heavy atom. The molecule has 0 saturated carbocycles. The zero-order valence-electron chi connectivity index (χ0n) is 12.7. The Morgan fingerprint density at radius 3 is 2.52 bits per heavy atom. The maximum absolute atomic E-state index is 12.5. The van der Waals surface area contributed by atoms with E-state index in [0.717, 1.165) is 0 Å². The normalized spacial score (nSPS) is 11.8. The summed E-state index contributed by atoms with van der Waals surface area (Å²) in [4.78, 5) is 30.0. The van der Waals surface area contributed by atoms with Gasteiger partial charge in [-0.05, 0) is 32.9 Å². The van der Waals surface area contributed by atoms with E-state index < -0.39 is 12.0 Å². The van der Waals surface area contributed by atoms with Gasteiger partial charge in [0, 0.05) is 19.3 Å². The molecule has 0 aliphatic carbocycles. The van der Waals surface area contributed by atoms with Gasteiger partial charge in [-0.15, -0.1) is 0 Å². The van der Waals surface area contributed by atoms with Crippen molar-refractivity contribution in [2.75, 3.05) is 26.4 Å². The third-order valence-corrected chi connectivity index (χ3v) is 2.90. The molecule has 6 heteroatoms. The number of hydrogen-bond donors (Lipinski definition) is 0. The molecule has 0 bridgehead atoms. The molecule has 0 aliphatic rings. The molecule has 1 unspecified atom stereocenters. The van der Waals surface area contributed by atoms with Crippen molar-refractivity contribution in [3.8, 4) is 0 Å². The number of aromatic nitrogens is 1. The quantitative estimate of drug-likeness (QED) is 0.680. The van der Waals surface area contributed by atoms with E-state index in [2.05, 4.69) is 4.98 Å². The van der Waals surface area contributed by atoms with E-state index >= 15 is 0 Å². The highest BCUT2D eigenvalue weighted by molar-refractivity contribution is 5.95. The molecule has 1 heterocycles. The number of pyridine rings is 1. The van der Waals surface area contributed by atoms with E-state index in [1.165, 1.54) is 4.90 Å². The lowest BCUT2D eigenvalue weighted by Crippen LogP contribution is -2.48. The monoisotopic (exact) mass is 294 g/mol. The molecule has 1 rings (SSSR count). The second-order valence-electron chi connectivity index (χ2n) is 4.23. The number of nitrogens with zero attached hydrogens (tertiary/aromatic N) is 2. The zero-order chi connectivity index (χ0) is 15.7. The fraction of sp³-hybridized carbons (Fsp3) is 0.533. The molecule has 1 amide bonds. The molecule has 6 nitrogen and oxygen atoms in total. The molecule has 21 heavy (non-hydrogen) atoms. The maximum atomic E-state index is 12.5. The first-order valence-corrected chi connectivity index (χ1v) is 7.12. The standard InChI is InChI=1S/C15H22N2O4/c1-4-17(14(18)12-9-7-8-10-16-12)13(11-20-5-2)15(19)21-6-3/h7-10,13H,4-6,11H2,1-3H3. The van der Waals surface area contributed by atoms with Gasteiger partial charge in [0.15, 0.2) is 6.04 Å². The average Bonchev–Trinajstić information content (AvgIpc) is 2.52. The van der Waals surface area contributed by atoms with Crippen LogP contribution in [0.5, 0.6) is 0 Å². The van der Waals surface area contributed by atoms with E-state index in [1.807, 2.05) is 6.92 Å². The number of hydrogen-bond acceptors (Lipinski definition) is 5. The lowest BCUT2D eigenvalue weighted by Gasteiger charge is -2.28. The third kappa shape index (κ3) is 4.82. The second-order valence-corrected chi connectivity index (χ2v) is 4.23. The van der Waals surface area contributed by atoms with Gasteiger partial charge < -0.3 is 14.4 Å². The summed E-state index contributed by atoms with van der Waals surface area (Å²) in [5, 5.41) is 0. The van der Waals surface area contributed by atoms with Crippen molar-refractivity contribution in [1.29, 1.82) is 0 Å². The van der Waals surface area contributed by atoms with Crippen molar-refractivity contribution in [2.45, 2.75) is 26.8 Å². The first kappa shape index (κ1) is 17.1. The van der Waals surface area contributed by atoms with Crippen molar-refractivity contribution in [2.24, 2.45) is 0 Å². The minimum absolute atomic E-state index is 0.113. The molecule has 0 radical (unpaired) electrons. The van der Waals surface area contributed by atoms with Crippen LogP contribution in [0, 0.1) is 0 Å². The van der Waals surface area contributed by atoms with E-state index in [4.69, 9.17) is 9.47 Å². The van der Waals surface area contributed by atoms with Crippen molar-refractivity contribution < 1.29 is 19.1 Å². The van der Waals surface area contributed by atoms with Crippen molar-refractivity contribution in [3.63, 3.8) is 0 Å². The Balaban J connectivity index is 2.94. The summed E-state index contributed by atoms with van der Waals surface area (Å²) in [7, 11) is 0. The molecule has 1 atom stereocenters. The molecule has 0 aromatic carbocycles. The number of amides is 1. The molecular formula is C15H22N2O4. The molecule has 0 spiro atoms. The van der Waals surface area contributed by atoms with Crippen molar-refractivity contribution >= 4 is 11.9 Å². The number of esters is 1. The predicted octanol–water partition coefficient (Wildman–Crippen LogP) is 1.51. The third-order valence-electron chi connectivity index (χ3n) is 2.90. The fourth-order valence-corrected chi connectivity index (χ4v) is 1.90. The van der Waals surface area contributed by atoms with Crippen LogP contribution in [-0.4, -0.2) is 54.2 Å². The van der Waals surface area contributed by atoms with E-state index in [0.29, 0.717) is 18.8 Å². The van der Waals surface area contributed by atoms with Crippen molar-refractivity contribution in [1.82, 2.24) is 9.88 Å². The van der Waals surface area contributed by atoms with Gasteiger partial charge in [-0.3, -0.25) is 9.78 Å². The fourth-order valence-electron chi connectivity index (χ4n) is 1.90. The zero-order valence-corrected chi connectivity index (χ0v) is 12.7. The summed E-state index contributed by atoms with van der Waals surface area (Å²) < 4.78 is 10.4. The lowest BCUT2D eigenvalue weighted by atomic mass is 10.2. The molecule has 1 aromatic heterocycles. The molecule has 0 saturated heterocycles. The number of carbonyl (C=O) groups is 2. The lowest BCUT2D eigenvalue weighted by molar-refractivity contribution is -0.150. The highest BCUT2D eigenvalue weighted by Gasteiger charge is 2.31. The summed E-state index contributed by atoms with van der Waals surface area (Å²) >= 11 is 0. The Bertz CT molecular complexity index is 450. The molecule has 0 fully saturated rings. The highest BCUT2D eigenvalue weighted by atomic mass is 16.5. The number of ether oxygens (including phenoxy) is 2. The van der Waals surface area contributed by atoms with Crippen LogP contribution in [0.25, 0.3) is 0 Å². The van der Waals surface area contributed by atoms with Gasteiger partial charge >= 0.3 is 5.97 Å². The molecular weight excluding hydrogens is 272 g/mol. The number of carbonyl (C=O) groups excluding carboxylic acids is 2. The van der Waals surface area contributed by atoms with Crippen LogP contribution in [0.4, 0.5) is 0 Å². The smallest absolute Gasteiger partial charge is 0.331 e. The predicted molar refractivity (Wildman–Crippen MR) is 77.9 cm³/mol. The first-order valence-electron chi connectivity index (χ1n) is 7.12. The number of likely N-dealkylation sites (N-methyl/N-ethyl adjacent to an activating group) is 1. The molecule has 116 valence electrons. The summed E-state index contributed by atoms with van der Waals surface area (Å²) in [6, 6.07) is 4.32. The largest absolute Gasteiger partial charge is 0.464 e. The minimum Gasteiger partial charge on any atom is -0.464 e. The maximum Gasteiger partial charge on any atom is 0.331 e. The van der Waals surface area contributed by atoms with Crippen LogP contribution in [0.15, 0.2) is 24.4 Å². The van der Waals surface area contributed by atoms with E-state index in [9.17, 15) is 9.59 Å². The summed E-state index contributed by atoms with van der Waals surface area (Å²) in [6.45, 7) is 6.57. The summed E-state index contributed by atoms with van der Waals surface area (Å²) in [5.74, 6) is -0.770. The van der Waals surface area contributed by atoms with Gasteiger partial charge in [0.1, 0.15) is 5.69 Å². The van der Waals surface area contributed by atoms with Crippen LogP contribution in [0.2, 0.25) is 0 Å². The average molecular weight is 294 g/mol. The van der Waals surface area contributed by atoms with Gasteiger partial charge in [-0.25, -0.2) is 4.79 Å². The SMILES string of the molecule is CCOCC(C(=O)OCC)N(CC)C(=O)c1ccccn1. The van der Waals surface area contributed by atoms with Crippen LogP contribution < -0.4 is 0 Å². The molecule has 0 N–H and O–H groups in total. The molecule has 1 aromatic rings. The van der Waals surface area contributed by atoms with Gasteiger partial charge in [0.05, 0.1) is 13.2 Å². The Hall–Kier alpha value is -1.95. The number of rotatable bonds is 8. The van der Waals surface area contributed by atoms with Gasteiger partial charge in [-0.1, -0.05) is 6.07 Å². The van der Waals surface area contributed by atoms with Crippen LogP contribution in [0.1, 0.15) is 31.3 Å². The second kappa shape index (κ2) is 9.07. The minimum atomic E-state index is -0.760. The Kier molecular flexibility index (Phi) is 7.39. The van der Waals surface area contributed by atoms with Crippen LogP contribution in [0.3, 0.4) is 0 Å². The topological polar surface area (TPSA) is 68.7 Å². The van der Waals surface area contributed by atoms with E-state index in [1.54, 1.807) is 38.2 Å². The highest BCUT2D eigenvalue weighted by Crippen LogP contribution is 2.09. The van der Waals surface area contributed by atoms with Gasteiger partial charge in [0.25, 0.3) is 5.91 Å². The first-order chi connectivity index (χ1) is 10.2. The molecule has 0 aliphatic heterocycles. The van der Waals surface area contributed by atoms with E-state index in [-0.39, 0.29) is 19.1 Å². The Labute approximate surface area is 125 Å². The summed E-state index contributed by atoms with van der Waals surface area (Å²) in [5.41, 5.74) is 0.296. The van der Waals surface area contributed by atoms with Crippen molar-refractivity contribution in [3.05, 3.63) is 30.1 Å². The van der Waals surface area contributed by atoms with Crippen LogP contribution in [-0.2, 0) is 14.3 Å². The van der Waals surface area contributed by atoms with Gasteiger partial charge in [-0.2, -0.15) is 0 Å². The van der Waals surface area contributed by atoms with Crippen LogP contribution >= 0.6 is 0 Å². The van der Waals surface area contributed by atoms with Gasteiger partial charge in [0.2, 0.25) is 0 Å². The summed E-state index contributed by atoms with van der Waals surface area (Å²) in [6.07, 6.45) is 1.54. The Morgan fingerprint density at radius 2 is 2.00 bits per heavy atom.